The average Bonchev–Trinajstić information content (AvgIpc) is 2.29. The molecule has 0 fully saturated rings. The molecule has 1 rings (SSSR count). The Morgan fingerprint density at radius 1 is 1.38 bits per heavy atom. The van der Waals surface area contributed by atoms with Crippen molar-refractivity contribution in [1.82, 2.24) is 5.01 Å². The number of carbonyl (C=O) groups is 1. The molecule has 1 amide bonds. The molecular formula is C11H16N2O3. The van der Waals surface area contributed by atoms with E-state index in [1.54, 1.807) is 19.2 Å². The first-order chi connectivity index (χ1) is 7.65. The number of rotatable bonds is 5. The third kappa shape index (κ3) is 3.43. The fourth-order valence-electron chi connectivity index (χ4n) is 1.16. The fourth-order valence-corrected chi connectivity index (χ4v) is 1.16. The van der Waals surface area contributed by atoms with Gasteiger partial charge in [0.15, 0.2) is 11.5 Å². The summed E-state index contributed by atoms with van der Waals surface area (Å²) < 4.78 is 10.5. The molecule has 0 bridgehead atoms. The van der Waals surface area contributed by atoms with Crippen LogP contribution in [0.1, 0.15) is 6.42 Å². The molecule has 0 radical (unpaired) electrons. The largest absolute Gasteiger partial charge is 0.493 e. The second kappa shape index (κ2) is 5.97. The lowest BCUT2D eigenvalue weighted by Crippen LogP contribution is -2.33. The van der Waals surface area contributed by atoms with Crippen LogP contribution in [0.2, 0.25) is 0 Å². The number of hydrogen-bond donors (Lipinski definition) is 1. The monoisotopic (exact) mass is 224 g/mol. The lowest BCUT2D eigenvalue weighted by Gasteiger charge is -2.12. The van der Waals surface area contributed by atoms with Gasteiger partial charge in [0.1, 0.15) is 0 Å². The second-order valence-corrected chi connectivity index (χ2v) is 3.25. The molecule has 5 nitrogen and oxygen atoms in total. The summed E-state index contributed by atoms with van der Waals surface area (Å²) in [5, 5.41) is 1.05. The highest BCUT2D eigenvalue weighted by molar-refractivity contribution is 5.75. The highest BCUT2D eigenvalue weighted by atomic mass is 16.5. The minimum absolute atomic E-state index is 0.171. The van der Waals surface area contributed by atoms with E-state index in [0.717, 1.165) is 5.01 Å². The van der Waals surface area contributed by atoms with Crippen LogP contribution in [0.4, 0.5) is 0 Å². The fraction of sp³-hybridized carbons (Fsp3) is 0.364. The first-order valence-corrected chi connectivity index (χ1v) is 4.92. The molecule has 0 spiro atoms. The summed E-state index contributed by atoms with van der Waals surface area (Å²) in [5.74, 6) is 6.38. The topological polar surface area (TPSA) is 64.8 Å². The van der Waals surface area contributed by atoms with Gasteiger partial charge in [0.2, 0.25) is 5.91 Å². The van der Waals surface area contributed by atoms with E-state index in [-0.39, 0.29) is 18.9 Å². The number of carbonyl (C=O) groups excluding carboxylic acids is 1. The number of hydrogen-bond acceptors (Lipinski definition) is 4. The van der Waals surface area contributed by atoms with Crippen molar-refractivity contribution in [2.75, 3.05) is 20.8 Å². The van der Waals surface area contributed by atoms with Crippen molar-refractivity contribution in [3.05, 3.63) is 24.3 Å². The highest BCUT2D eigenvalue weighted by Crippen LogP contribution is 2.25. The number of nitrogens with two attached hydrogens (primary N) is 1. The van der Waals surface area contributed by atoms with Crippen molar-refractivity contribution in [2.45, 2.75) is 6.42 Å². The van der Waals surface area contributed by atoms with Crippen LogP contribution in [0, 0.1) is 0 Å². The zero-order chi connectivity index (χ0) is 12.0. The summed E-state index contributed by atoms with van der Waals surface area (Å²) in [4.78, 5) is 11.2. The van der Waals surface area contributed by atoms with Crippen LogP contribution in [-0.2, 0) is 4.79 Å². The standard InChI is InChI=1S/C11H16N2O3/c1-13(12)11(14)7-8-16-10-6-4-3-5-9(10)15-2/h3-6H,7-8,12H2,1-2H3. The minimum atomic E-state index is -0.171. The zero-order valence-corrected chi connectivity index (χ0v) is 9.47. The summed E-state index contributed by atoms with van der Waals surface area (Å²) in [7, 11) is 3.08. The molecule has 0 aliphatic carbocycles. The maximum Gasteiger partial charge on any atom is 0.239 e. The molecule has 0 aliphatic heterocycles. The average molecular weight is 224 g/mol. The Hall–Kier alpha value is -1.75. The van der Waals surface area contributed by atoms with Gasteiger partial charge in [0.25, 0.3) is 0 Å². The lowest BCUT2D eigenvalue weighted by atomic mass is 10.3. The normalized spacial score (nSPS) is 9.69. The SMILES string of the molecule is COc1ccccc1OCCC(=O)N(C)N. The lowest BCUT2D eigenvalue weighted by molar-refractivity contribution is -0.130. The van der Waals surface area contributed by atoms with Crippen LogP contribution < -0.4 is 15.3 Å². The third-order valence-electron chi connectivity index (χ3n) is 2.04. The van der Waals surface area contributed by atoms with Crippen LogP contribution in [0.15, 0.2) is 24.3 Å². The minimum Gasteiger partial charge on any atom is -0.493 e. The highest BCUT2D eigenvalue weighted by Gasteiger charge is 2.06. The predicted molar refractivity (Wildman–Crippen MR) is 60.1 cm³/mol. The first kappa shape index (κ1) is 12.3. The van der Waals surface area contributed by atoms with Crippen molar-refractivity contribution >= 4 is 5.91 Å². The Labute approximate surface area is 94.7 Å². The Morgan fingerprint density at radius 3 is 2.56 bits per heavy atom. The number of hydrazine groups is 1. The number of benzene rings is 1. The van der Waals surface area contributed by atoms with Gasteiger partial charge in [0.05, 0.1) is 20.1 Å². The zero-order valence-electron chi connectivity index (χ0n) is 9.47. The van der Waals surface area contributed by atoms with E-state index < -0.39 is 0 Å². The molecule has 5 heteroatoms. The van der Waals surface area contributed by atoms with Crippen LogP contribution in [0.3, 0.4) is 0 Å². The van der Waals surface area contributed by atoms with E-state index in [1.165, 1.54) is 7.05 Å². The van der Waals surface area contributed by atoms with Gasteiger partial charge in [-0.2, -0.15) is 0 Å². The van der Waals surface area contributed by atoms with Gasteiger partial charge < -0.3 is 9.47 Å². The maximum absolute atomic E-state index is 11.2. The molecule has 0 aliphatic rings. The molecule has 0 aromatic heterocycles. The summed E-state index contributed by atoms with van der Waals surface area (Å²) in [6, 6.07) is 7.28. The van der Waals surface area contributed by atoms with Crippen molar-refractivity contribution < 1.29 is 14.3 Å². The Bertz CT molecular complexity index is 353. The molecule has 0 unspecified atom stereocenters. The van der Waals surface area contributed by atoms with E-state index in [1.807, 2.05) is 12.1 Å². The van der Waals surface area contributed by atoms with Gasteiger partial charge in [-0.3, -0.25) is 9.80 Å². The molecule has 0 saturated carbocycles. The van der Waals surface area contributed by atoms with Gasteiger partial charge in [-0.15, -0.1) is 0 Å². The number of amides is 1. The molecule has 1 aromatic rings. The van der Waals surface area contributed by atoms with E-state index in [9.17, 15) is 4.79 Å². The van der Waals surface area contributed by atoms with Crippen molar-refractivity contribution in [3.63, 3.8) is 0 Å². The van der Waals surface area contributed by atoms with Crippen LogP contribution in [-0.4, -0.2) is 31.7 Å². The van der Waals surface area contributed by atoms with Crippen LogP contribution >= 0.6 is 0 Å². The van der Waals surface area contributed by atoms with Gasteiger partial charge in [0, 0.05) is 7.05 Å². The molecule has 0 saturated heterocycles. The maximum atomic E-state index is 11.2. The second-order valence-electron chi connectivity index (χ2n) is 3.25. The molecule has 0 heterocycles. The Kier molecular flexibility index (Phi) is 4.60. The molecular weight excluding hydrogens is 208 g/mol. The number of ether oxygens (including phenoxy) is 2. The van der Waals surface area contributed by atoms with E-state index >= 15 is 0 Å². The third-order valence-corrected chi connectivity index (χ3v) is 2.04. The van der Waals surface area contributed by atoms with Gasteiger partial charge >= 0.3 is 0 Å². The van der Waals surface area contributed by atoms with E-state index in [0.29, 0.717) is 11.5 Å². The quantitative estimate of drug-likeness (QED) is 0.456. The van der Waals surface area contributed by atoms with Gasteiger partial charge in [-0.1, -0.05) is 12.1 Å². The van der Waals surface area contributed by atoms with Gasteiger partial charge in [-0.25, -0.2) is 5.84 Å². The Morgan fingerprint density at radius 2 is 2.00 bits per heavy atom. The number of methoxy groups -OCH3 is 1. The van der Waals surface area contributed by atoms with Crippen molar-refractivity contribution in [2.24, 2.45) is 5.84 Å². The van der Waals surface area contributed by atoms with E-state index in [2.05, 4.69) is 0 Å². The smallest absolute Gasteiger partial charge is 0.239 e. The summed E-state index contributed by atoms with van der Waals surface area (Å²) >= 11 is 0. The summed E-state index contributed by atoms with van der Waals surface area (Å²) in [6.07, 6.45) is 0.241. The number of nitrogens with zero attached hydrogens (tertiary/aromatic N) is 1. The molecule has 16 heavy (non-hydrogen) atoms. The van der Waals surface area contributed by atoms with Crippen LogP contribution in [0.25, 0.3) is 0 Å². The molecule has 0 atom stereocenters. The first-order valence-electron chi connectivity index (χ1n) is 4.92. The Balaban J connectivity index is 2.45. The van der Waals surface area contributed by atoms with E-state index in [4.69, 9.17) is 15.3 Å². The molecule has 1 aromatic carbocycles. The summed E-state index contributed by atoms with van der Waals surface area (Å²) in [6.45, 7) is 0.279. The van der Waals surface area contributed by atoms with Gasteiger partial charge in [-0.05, 0) is 12.1 Å². The van der Waals surface area contributed by atoms with Crippen molar-refractivity contribution in [3.8, 4) is 11.5 Å². The van der Waals surface area contributed by atoms with Crippen LogP contribution in [0.5, 0.6) is 11.5 Å². The molecule has 88 valence electrons. The summed E-state index contributed by atoms with van der Waals surface area (Å²) in [5.41, 5.74) is 0. The predicted octanol–water partition coefficient (Wildman–Crippen LogP) is 0.796. The number of para-hydroxylation sites is 2. The van der Waals surface area contributed by atoms with Crippen molar-refractivity contribution in [1.29, 1.82) is 0 Å². The molecule has 2 N–H and O–H groups in total.